The van der Waals surface area contributed by atoms with Gasteiger partial charge in [0, 0.05) is 24.5 Å². The van der Waals surface area contributed by atoms with Crippen LogP contribution in [-0.4, -0.2) is 44.5 Å². The maximum absolute atomic E-state index is 12.2. The third-order valence-corrected chi connectivity index (χ3v) is 5.40. The molecule has 2 heterocycles. The van der Waals surface area contributed by atoms with E-state index in [1.165, 1.54) is 0 Å². The van der Waals surface area contributed by atoms with Crippen molar-refractivity contribution in [3.05, 3.63) is 59.9 Å². The second-order valence-electron chi connectivity index (χ2n) is 6.04. The number of hydrogen-bond donors (Lipinski definition) is 1. The number of benzene rings is 1. The lowest BCUT2D eigenvalue weighted by atomic mass is 10.00. The standard InChI is InChI=1S/C16H18N4O4S2/c1-25(21,22)19-14-7-3-5-12(9-14)15-10-16(13-6-4-8-17-11-13)20(18-15)26(2,23)24/h3-9,11,16,19H,10H2,1-2H3. The predicted octanol–water partition coefficient (Wildman–Crippen LogP) is 1.56. The van der Waals surface area contributed by atoms with Crippen LogP contribution in [0.15, 0.2) is 53.9 Å². The largest absolute Gasteiger partial charge is 0.284 e. The Morgan fingerprint density at radius 3 is 2.50 bits per heavy atom. The molecule has 0 fully saturated rings. The van der Waals surface area contributed by atoms with E-state index in [4.69, 9.17) is 0 Å². The lowest BCUT2D eigenvalue weighted by molar-refractivity contribution is 0.374. The molecule has 0 aliphatic carbocycles. The van der Waals surface area contributed by atoms with Gasteiger partial charge >= 0.3 is 0 Å². The van der Waals surface area contributed by atoms with E-state index in [-0.39, 0.29) is 0 Å². The van der Waals surface area contributed by atoms with Gasteiger partial charge in [0.05, 0.1) is 24.3 Å². The molecule has 1 aromatic heterocycles. The molecule has 1 atom stereocenters. The van der Waals surface area contributed by atoms with Crippen molar-refractivity contribution in [2.45, 2.75) is 12.5 Å². The van der Waals surface area contributed by atoms with E-state index in [0.717, 1.165) is 22.5 Å². The van der Waals surface area contributed by atoms with Gasteiger partial charge in [-0.1, -0.05) is 18.2 Å². The molecule has 3 rings (SSSR count). The Morgan fingerprint density at radius 1 is 1.12 bits per heavy atom. The van der Waals surface area contributed by atoms with E-state index < -0.39 is 26.1 Å². The Kier molecular flexibility index (Phi) is 4.72. The molecule has 10 heteroatoms. The maximum atomic E-state index is 12.2. The van der Waals surface area contributed by atoms with Crippen LogP contribution in [0.5, 0.6) is 0 Å². The van der Waals surface area contributed by atoms with Gasteiger partial charge in [-0.15, -0.1) is 0 Å². The van der Waals surface area contributed by atoms with Gasteiger partial charge in [0.15, 0.2) is 0 Å². The van der Waals surface area contributed by atoms with Crippen LogP contribution in [0.25, 0.3) is 0 Å². The highest BCUT2D eigenvalue weighted by Gasteiger charge is 2.34. The average molecular weight is 394 g/mol. The van der Waals surface area contributed by atoms with E-state index in [1.54, 1.807) is 48.8 Å². The summed E-state index contributed by atoms with van der Waals surface area (Å²) in [6.45, 7) is 0. The van der Waals surface area contributed by atoms with Gasteiger partial charge in [0.2, 0.25) is 20.0 Å². The molecule has 2 aromatic rings. The molecule has 0 amide bonds. The first-order chi connectivity index (χ1) is 12.1. The second-order valence-corrected chi connectivity index (χ2v) is 9.63. The van der Waals surface area contributed by atoms with Crippen molar-refractivity contribution in [2.24, 2.45) is 5.10 Å². The van der Waals surface area contributed by atoms with Gasteiger partial charge in [-0.25, -0.2) is 16.8 Å². The number of anilines is 1. The van der Waals surface area contributed by atoms with Crippen LogP contribution in [0.1, 0.15) is 23.6 Å². The Bertz CT molecular complexity index is 1050. The highest BCUT2D eigenvalue weighted by molar-refractivity contribution is 7.92. The van der Waals surface area contributed by atoms with E-state index in [9.17, 15) is 16.8 Å². The van der Waals surface area contributed by atoms with Crippen LogP contribution in [0.3, 0.4) is 0 Å². The average Bonchev–Trinajstić information content (AvgIpc) is 3.00. The van der Waals surface area contributed by atoms with E-state index in [1.807, 2.05) is 0 Å². The molecule has 26 heavy (non-hydrogen) atoms. The molecule has 8 nitrogen and oxygen atoms in total. The van der Waals surface area contributed by atoms with Crippen molar-refractivity contribution in [1.29, 1.82) is 0 Å². The molecule has 1 N–H and O–H groups in total. The zero-order chi connectivity index (χ0) is 18.9. The van der Waals surface area contributed by atoms with Crippen LogP contribution >= 0.6 is 0 Å². The Labute approximate surface area is 152 Å². The molecule has 0 radical (unpaired) electrons. The molecule has 1 aliphatic heterocycles. The Balaban J connectivity index is 1.97. The normalized spacial score (nSPS) is 17.8. The van der Waals surface area contributed by atoms with Gasteiger partial charge in [0.1, 0.15) is 0 Å². The third kappa shape index (κ3) is 4.20. The van der Waals surface area contributed by atoms with Gasteiger partial charge < -0.3 is 0 Å². The van der Waals surface area contributed by atoms with Crippen molar-refractivity contribution < 1.29 is 16.8 Å². The molecule has 0 saturated carbocycles. The van der Waals surface area contributed by atoms with Gasteiger partial charge in [-0.2, -0.15) is 9.52 Å². The fourth-order valence-electron chi connectivity index (χ4n) is 2.77. The highest BCUT2D eigenvalue weighted by atomic mass is 32.2. The number of pyridine rings is 1. The quantitative estimate of drug-likeness (QED) is 0.828. The first kappa shape index (κ1) is 18.3. The van der Waals surface area contributed by atoms with Crippen molar-refractivity contribution in [2.75, 3.05) is 17.2 Å². The molecule has 0 bridgehead atoms. The van der Waals surface area contributed by atoms with Crippen molar-refractivity contribution in [1.82, 2.24) is 9.40 Å². The minimum Gasteiger partial charge on any atom is -0.284 e. The third-order valence-electron chi connectivity index (χ3n) is 3.78. The first-order valence-corrected chi connectivity index (χ1v) is 11.4. The van der Waals surface area contributed by atoms with Gasteiger partial charge in [0.25, 0.3) is 0 Å². The number of hydrogen-bond acceptors (Lipinski definition) is 6. The van der Waals surface area contributed by atoms with Crippen LogP contribution in [0, 0.1) is 0 Å². The SMILES string of the molecule is CS(=O)(=O)Nc1cccc(C2=NN(S(C)(=O)=O)C(c3cccnc3)C2)c1. The summed E-state index contributed by atoms with van der Waals surface area (Å²) in [4.78, 5) is 4.05. The minimum absolute atomic E-state index is 0.362. The lowest BCUT2D eigenvalue weighted by Crippen LogP contribution is -2.25. The molecule has 0 saturated heterocycles. The molecule has 1 aromatic carbocycles. The summed E-state index contributed by atoms with van der Waals surface area (Å²) in [6.07, 6.45) is 5.76. The molecule has 0 spiro atoms. The number of nitrogens with one attached hydrogen (secondary N) is 1. The lowest BCUT2D eigenvalue weighted by Gasteiger charge is -2.20. The van der Waals surface area contributed by atoms with Crippen LogP contribution in [-0.2, 0) is 20.0 Å². The van der Waals surface area contributed by atoms with E-state index in [2.05, 4.69) is 14.8 Å². The number of aromatic nitrogens is 1. The number of sulfonamides is 2. The first-order valence-electron chi connectivity index (χ1n) is 7.68. The molecular formula is C16H18N4O4S2. The van der Waals surface area contributed by atoms with Crippen LogP contribution in [0.4, 0.5) is 5.69 Å². The van der Waals surface area contributed by atoms with Crippen LogP contribution < -0.4 is 4.72 Å². The fraction of sp³-hybridized carbons (Fsp3) is 0.250. The smallest absolute Gasteiger partial charge is 0.247 e. The topological polar surface area (TPSA) is 109 Å². The second kappa shape index (κ2) is 6.69. The summed E-state index contributed by atoms with van der Waals surface area (Å²) in [6, 6.07) is 9.76. The van der Waals surface area contributed by atoms with Crippen molar-refractivity contribution in [3.63, 3.8) is 0 Å². The number of rotatable bonds is 5. The van der Waals surface area contributed by atoms with Crippen LogP contribution in [0.2, 0.25) is 0 Å². The fourth-order valence-corrected chi connectivity index (χ4v) is 4.23. The molecule has 138 valence electrons. The van der Waals surface area contributed by atoms with E-state index >= 15 is 0 Å². The Morgan fingerprint density at radius 2 is 1.88 bits per heavy atom. The highest BCUT2D eigenvalue weighted by Crippen LogP contribution is 2.34. The summed E-state index contributed by atoms with van der Waals surface area (Å²) in [5.41, 5.74) is 2.34. The number of nitrogens with zero attached hydrogens (tertiary/aromatic N) is 3. The summed E-state index contributed by atoms with van der Waals surface area (Å²) in [7, 11) is -6.98. The minimum atomic E-state index is -3.57. The van der Waals surface area contributed by atoms with E-state index in [0.29, 0.717) is 23.4 Å². The number of hydrazone groups is 1. The summed E-state index contributed by atoms with van der Waals surface area (Å²) < 4.78 is 50.6. The summed E-state index contributed by atoms with van der Waals surface area (Å²) in [5.74, 6) is 0. The Hall–Kier alpha value is -2.46. The molecule has 1 aliphatic rings. The summed E-state index contributed by atoms with van der Waals surface area (Å²) >= 11 is 0. The maximum Gasteiger partial charge on any atom is 0.247 e. The molecular weight excluding hydrogens is 376 g/mol. The zero-order valence-corrected chi connectivity index (χ0v) is 15.8. The zero-order valence-electron chi connectivity index (χ0n) is 14.2. The van der Waals surface area contributed by atoms with Gasteiger partial charge in [-0.3, -0.25) is 9.71 Å². The summed E-state index contributed by atoms with van der Waals surface area (Å²) in [5, 5.41) is 4.28. The van der Waals surface area contributed by atoms with Crippen molar-refractivity contribution in [3.8, 4) is 0 Å². The van der Waals surface area contributed by atoms with Gasteiger partial charge in [-0.05, 0) is 29.3 Å². The molecule has 1 unspecified atom stereocenters. The van der Waals surface area contributed by atoms with Crippen molar-refractivity contribution >= 4 is 31.4 Å². The monoisotopic (exact) mass is 394 g/mol. The predicted molar refractivity (Wildman–Crippen MR) is 99.7 cm³/mol.